The summed E-state index contributed by atoms with van der Waals surface area (Å²) in [7, 11) is 0. The van der Waals surface area contributed by atoms with Crippen LogP contribution in [0.15, 0.2) is 28.7 Å². The minimum atomic E-state index is -0.305. The van der Waals surface area contributed by atoms with Gasteiger partial charge in [-0.25, -0.2) is 0 Å². The van der Waals surface area contributed by atoms with Gasteiger partial charge in [-0.15, -0.1) is 0 Å². The minimum Gasteiger partial charge on any atom is -0.395 e. The molecule has 0 radical (unpaired) electrons. The van der Waals surface area contributed by atoms with Crippen molar-refractivity contribution in [3.63, 3.8) is 0 Å². The van der Waals surface area contributed by atoms with Crippen molar-refractivity contribution in [2.45, 2.75) is 6.92 Å². The Balaban J connectivity index is 2.55. The zero-order chi connectivity index (χ0) is 14.3. The summed E-state index contributed by atoms with van der Waals surface area (Å²) >= 11 is 3.28. The number of aliphatic hydroxyl groups is 1. The van der Waals surface area contributed by atoms with Crippen LogP contribution in [0.1, 0.15) is 17.3 Å². The van der Waals surface area contributed by atoms with Crippen LogP contribution in [0.4, 0.5) is 0 Å². The highest BCUT2D eigenvalue weighted by atomic mass is 79.9. The number of benzene rings is 1. The number of halogens is 1. The first kappa shape index (κ1) is 15.7. The van der Waals surface area contributed by atoms with Crippen LogP contribution in [0, 0.1) is 0 Å². The second-order valence-electron chi connectivity index (χ2n) is 3.86. The summed E-state index contributed by atoms with van der Waals surface area (Å²) in [6.07, 6.45) is 0. The number of hydrogen-bond donors (Lipinski definition) is 2. The van der Waals surface area contributed by atoms with E-state index in [0.29, 0.717) is 16.6 Å². The molecule has 0 heterocycles. The molecule has 0 aliphatic carbocycles. The van der Waals surface area contributed by atoms with Crippen molar-refractivity contribution >= 4 is 27.7 Å². The number of nitrogens with zero attached hydrogens (tertiary/aromatic N) is 1. The third kappa shape index (κ3) is 4.65. The number of aliphatic hydroxyl groups excluding tert-OH is 1. The van der Waals surface area contributed by atoms with E-state index in [4.69, 9.17) is 5.11 Å². The highest BCUT2D eigenvalue weighted by molar-refractivity contribution is 9.10. The Labute approximate surface area is 120 Å². The van der Waals surface area contributed by atoms with E-state index >= 15 is 0 Å². The minimum absolute atomic E-state index is 0.0754. The van der Waals surface area contributed by atoms with E-state index in [1.165, 1.54) is 4.90 Å². The lowest BCUT2D eigenvalue weighted by atomic mass is 10.2. The quantitative estimate of drug-likeness (QED) is 0.819. The maximum atomic E-state index is 11.9. The number of hydrogen-bond acceptors (Lipinski definition) is 3. The summed E-state index contributed by atoms with van der Waals surface area (Å²) in [5.74, 6) is -0.516. The maximum Gasteiger partial charge on any atom is 0.252 e. The molecule has 1 aromatic carbocycles. The van der Waals surface area contributed by atoms with Crippen LogP contribution in [0.3, 0.4) is 0 Å². The number of rotatable bonds is 6. The van der Waals surface area contributed by atoms with Gasteiger partial charge in [-0.3, -0.25) is 9.59 Å². The molecular weight excluding hydrogens is 312 g/mol. The van der Waals surface area contributed by atoms with Crippen LogP contribution >= 0.6 is 15.9 Å². The monoisotopic (exact) mass is 328 g/mol. The third-order valence-corrected chi connectivity index (χ3v) is 3.31. The summed E-state index contributed by atoms with van der Waals surface area (Å²) in [4.78, 5) is 25.1. The lowest BCUT2D eigenvalue weighted by molar-refractivity contribution is -0.130. The molecule has 5 nitrogen and oxygen atoms in total. The molecule has 0 aromatic heterocycles. The van der Waals surface area contributed by atoms with Crippen LogP contribution in [0.5, 0.6) is 0 Å². The van der Waals surface area contributed by atoms with Crippen molar-refractivity contribution in [2.75, 3.05) is 26.2 Å². The average molecular weight is 329 g/mol. The van der Waals surface area contributed by atoms with E-state index in [0.717, 1.165) is 0 Å². The Morgan fingerprint density at radius 3 is 2.63 bits per heavy atom. The first-order valence-corrected chi connectivity index (χ1v) is 6.80. The van der Waals surface area contributed by atoms with Gasteiger partial charge in [0.05, 0.1) is 18.7 Å². The fraction of sp³-hybridized carbons (Fsp3) is 0.385. The molecular formula is C13H17BrN2O3. The number of amides is 2. The van der Waals surface area contributed by atoms with Gasteiger partial charge in [0.15, 0.2) is 0 Å². The number of likely N-dealkylation sites (N-methyl/N-ethyl adjacent to an activating group) is 1. The Morgan fingerprint density at radius 2 is 2.05 bits per heavy atom. The predicted octanol–water partition coefficient (Wildman–Crippen LogP) is 1.02. The summed E-state index contributed by atoms with van der Waals surface area (Å²) in [6, 6.07) is 7.01. The Kier molecular flexibility index (Phi) is 6.52. The van der Waals surface area contributed by atoms with E-state index in [2.05, 4.69) is 21.2 Å². The largest absolute Gasteiger partial charge is 0.395 e. The van der Waals surface area contributed by atoms with Gasteiger partial charge in [0.1, 0.15) is 0 Å². The molecule has 6 heteroatoms. The van der Waals surface area contributed by atoms with Crippen molar-refractivity contribution in [1.82, 2.24) is 10.2 Å². The number of carbonyl (C=O) groups is 2. The molecule has 0 fully saturated rings. The summed E-state index contributed by atoms with van der Waals surface area (Å²) in [6.45, 7) is 2.44. The van der Waals surface area contributed by atoms with Crippen LogP contribution in [0.25, 0.3) is 0 Å². The standard InChI is InChI=1S/C13H17BrN2O3/c1-2-16(7-8-17)12(18)9-15-13(19)10-5-3-4-6-11(10)14/h3-6,17H,2,7-9H2,1H3,(H,15,19). The predicted molar refractivity (Wildman–Crippen MR) is 75.8 cm³/mol. The Morgan fingerprint density at radius 1 is 1.37 bits per heavy atom. The lowest BCUT2D eigenvalue weighted by Gasteiger charge is -2.19. The van der Waals surface area contributed by atoms with E-state index in [-0.39, 0.29) is 31.5 Å². The topological polar surface area (TPSA) is 69.6 Å². The first-order valence-electron chi connectivity index (χ1n) is 6.01. The Hall–Kier alpha value is -1.40. The molecule has 0 unspecified atom stereocenters. The van der Waals surface area contributed by atoms with Crippen molar-refractivity contribution in [1.29, 1.82) is 0 Å². The molecule has 0 aliphatic rings. The van der Waals surface area contributed by atoms with Gasteiger partial charge < -0.3 is 15.3 Å². The van der Waals surface area contributed by atoms with Gasteiger partial charge in [0.2, 0.25) is 5.91 Å². The Bertz CT molecular complexity index is 451. The smallest absolute Gasteiger partial charge is 0.252 e. The molecule has 104 valence electrons. The van der Waals surface area contributed by atoms with Gasteiger partial charge >= 0.3 is 0 Å². The van der Waals surface area contributed by atoms with Crippen LogP contribution in [0.2, 0.25) is 0 Å². The maximum absolute atomic E-state index is 11.9. The molecule has 0 aliphatic heterocycles. The zero-order valence-corrected chi connectivity index (χ0v) is 12.3. The van der Waals surface area contributed by atoms with Crippen LogP contribution in [-0.4, -0.2) is 48.1 Å². The average Bonchev–Trinajstić information content (AvgIpc) is 2.42. The van der Waals surface area contributed by atoms with Crippen molar-refractivity contribution in [2.24, 2.45) is 0 Å². The number of carbonyl (C=O) groups excluding carboxylic acids is 2. The number of nitrogens with one attached hydrogen (secondary N) is 1. The molecule has 0 bridgehead atoms. The van der Waals surface area contributed by atoms with Crippen LogP contribution < -0.4 is 5.32 Å². The lowest BCUT2D eigenvalue weighted by Crippen LogP contribution is -2.41. The molecule has 19 heavy (non-hydrogen) atoms. The van der Waals surface area contributed by atoms with Gasteiger partial charge in [-0.2, -0.15) is 0 Å². The molecule has 0 saturated heterocycles. The van der Waals surface area contributed by atoms with Gasteiger partial charge in [-0.1, -0.05) is 12.1 Å². The fourth-order valence-corrected chi connectivity index (χ4v) is 2.05. The zero-order valence-electron chi connectivity index (χ0n) is 10.7. The highest BCUT2D eigenvalue weighted by Crippen LogP contribution is 2.15. The molecule has 2 amide bonds. The van der Waals surface area contributed by atoms with E-state index in [1.54, 1.807) is 18.2 Å². The summed E-state index contributed by atoms with van der Waals surface area (Å²) < 4.78 is 0.683. The van der Waals surface area contributed by atoms with E-state index < -0.39 is 0 Å². The molecule has 1 aromatic rings. The molecule has 0 saturated carbocycles. The van der Waals surface area contributed by atoms with Gasteiger partial charge in [0, 0.05) is 17.6 Å². The second kappa shape index (κ2) is 7.91. The van der Waals surface area contributed by atoms with Gasteiger partial charge in [0.25, 0.3) is 5.91 Å². The van der Waals surface area contributed by atoms with Crippen molar-refractivity contribution in [3.8, 4) is 0 Å². The van der Waals surface area contributed by atoms with Crippen molar-refractivity contribution < 1.29 is 14.7 Å². The van der Waals surface area contributed by atoms with Gasteiger partial charge in [-0.05, 0) is 35.0 Å². The fourth-order valence-electron chi connectivity index (χ4n) is 1.59. The van der Waals surface area contributed by atoms with Crippen LogP contribution in [-0.2, 0) is 4.79 Å². The molecule has 2 N–H and O–H groups in total. The van der Waals surface area contributed by atoms with E-state index in [9.17, 15) is 9.59 Å². The SMILES string of the molecule is CCN(CCO)C(=O)CNC(=O)c1ccccc1Br. The summed E-state index contributed by atoms with van der Waals surface area (Å²) in [5.41, 5.74) is 0.487. The first-order chi connectivity index (χ1) is 9.10. The summed E-state index contributed by atoms with van der Waals surface area (Å²) in [5, 5.41) is 11.4. The van der Waals surface area contributed by atoms with Crippen molar-refractivity contribution in [3.05, 3.63) is 34.3 Å². The highest BCUT2D eigenvalue weighted by Gasteiger charge is 2.14. The molecule has 0 atom stereocenters. The molecule has 0 spiro atoms. The second-order valence-corrected chi connectivity index (χ2v) is 4.71. The van der Waals surface area contributed by atoms with E-state index in [1.807, 2.05) is 13.0 Å². The molecule has 1 rings (SSSR count). The third-order valence-electron chi connectivity index (χ3n) is 2.62. The normalized spacial score (nSPS) is 10.1.